The zero-order valence-corrected chi connectivity index (χ0v) is 15.2. The van der Waals surface area contributed by atoms with E-state index in [1.165, 1.54) is 43.3 Å². The summed E-state index contributed by atoms with van der Waals surface area (Å²) in [5, 5.41) is 4.96. The monoisotopic (exact) mass is 389 g/mol. The van der Waals surface area contributed by atoms with Gasteiger partial charge in [0.25, 0.3) is 0 Å². The number of nitrogens with two attached hydrogens (primary N) is 1. The Bertz CT molecular complexity index is 873. The maximum atomic E-state index is 13.4. The zero-order valence-electron chi connectivity index (χ0n) is 15.2. The summed E-state index contributed by atoms with van der Waals surface area (Å²) in [6, 6.07) is 9.06. The summed E-state index contributed by atoms with van der Waals surface area (Å²) in [6.07, 6.45) is 0.0141. The fraction of sp³-hybridized carbons (Fsp3) is 0.250. The molecule has 4 N–H and O–H groups in total. The van der Waals surface area contributed by atoms with Crippen molar-refractivity contribution >= 4 is 17.7 Å². The summed E-state index contributed by atoms with van der Waals surface area (Å²) in [7, 11) is 0. The fourth-order valence-corrected chi connectivity index (χ4v) is 2.75. The lowest BCUT2D eigenvalue weighted by atomic mass is 10.0. The van der Waals surface area contributed by atoms with E-state index in [1.807, 2.05) is 0 Å². The van der Waals surface area contributed by atoms with Gasteiger partial charge in [0.2, 0.25) is 17.7 Å². The summed E-state index contributed by atoms with van der Waals surface area (Å²) in [5.41, 5.74) is 6.33. The van der Waals surface area contributed by atoms with Gasteiger partial charge < -0.3 is 16.4 Å². The maximum Gasteiger partial charge on any atom is 0.243 e. The van der Waals surface area contributed by atoms with Crippen LogP contribution in [0.5, 0.6) is 0 Å². The van der Waals surface area contributed by atoms with Crippen LogP contribution in [0.25, 0.3) is 0 Å². The van der Waals surface area contributed by atoms with Crippen LogP contribution < -0.4 is 16.4 Å². The Morgan fingerprint density at radius 1 is 0.893 bits per heavy atom. The molecule has 0 spiro atoms. The van der Waals surface area contributed by atoms with Crippen molar-refractivity contribution < 1.29 is 23.2 Å². The number of halogens is 2. The molecule has 2 aromatic rings. The molecule has 3 amide bonds. The van der Waals surface area contributed by atoms with Gasteiger partial charge in [0.15, 0.2) is 0 Å². The van der Waals surface area contributed by atoms with Crippen LogP contribution in [0.2, 0.25) is 0 Å². The van der Waals surface area contributed by atoms with E-state index in [1.54, 1.807) is 12.1 Å². The quantitative estimate of drug-likeness (QED) is 0.633. The topological polar surface area (TPSA) is 101 Å². The van der Waals surface area contributed by atoms with Gasteiger partial charge in [-0.05, 0) is 35.4 Å². The van der Waals surface area contributed by atoms with E-state index in [0.29, 0.717) is 11.1 Å². The summed E-state index contributed by atoms with van der Waals surface area (Å²) >= 11 is 0. The van der Waals surface area contributed by atoms with Crippen molar-refractivity contribution in [2.24, 2.45) is 5.73 Å². The molecule has 8 heteroatoms. The molecule has 0 saturated carbocycles. The predicted octanol–water partition coefficient (Wildman–Crippen LogP) is 1.22. The van der Waals surface area contributed by atoms with Crippen LogP contribution in [0.3, 0.4) is 0 Å². The summed E-state index contributed by atoms with van der Waals surface area (Å²) in [6.45, 7) is 1.24. The number of amides is 3. The predicted molar refractivity (Wildman–Crippen MR) is 98.9 cm³/mol. The highest BCUT2D eigenvalue weighted by atomic mass is 19.1. The minimum Gasteiger partial charge on any atom is -0.368 e. The number of primary amides is 1. The largest absolute Gasteiger partial charge is 0.368 e. The van der Waals surface area contributed by atoms with Crippen molar-refractivity contribution in [3.63, 3.8) is 0 Å². The van der Waals surface area contributed by atoms with Crippen LogP contribution >= 0.6 is 0 Å². The molecule has 0 radical (unpaired) electrons. The Hall–Kier alpha value is -3.29. The zero-order chi connectivity index (χ0) is 20.7. The van der Waals surface area contributed by atoms with Crippen LogP contribution in [0, 0.1) is 11.6 Å². The Kier molecular flexibility index (Phi) is 7.20. The van der Waals surface area contributed by atoms with E-state index in [2.05, 4.69) is 10.6 Å². The highest BCUT2D eigenvalue weighted by Gasteiger charge is 2.25. The minimum atomic E-state index is -1.10. The number of carbonyl (C=O) groups is 3. The van der Waals surface area contributed by atoms with Crippen molar-refractivity contribution in [2.45, 2.75) is 31.8 Å². The molecule has 0 aliphatic heterocycles. The van der Waals surface area contributed by atoms with Gasteiger partial charge in [0.1, 0.15) is 23.7 Å². The number of carbonyl (C=O) groups excluding carboxylic acids is 3. The number of rotatable bonds is 8. The Morgan fingerprint density at radius 2 is 1.39 bits per heavy atom. The lowest BCUT2D eigenvalue weighted by molar-refractivity contribution is -0.130. The summed E-state index contributed by atoms with van der Waals surface area (Å²) in [5.74, 6) is -2.86. The summed E-state index contributed by atoms with van der Waals surface area (Å²) < 4.78 is 26.7. The third-order valence-electron chi connectivity index (χ3n) is 4.01. The Labute approximate surface area is 161 Å². The molecule has 0 unspecified atom stereocenters. The van der Waals surface area contributed by atoms with E-state index in [-0.39, 0.29) is 12.8 Å². The van der Waals surface area contributed by atoms with Gasteiger partial charge in [-0.2, -0.15) is 0 Å². The molecule has 0 bridgehead atoms. The third-order valence-corrected chi connectivity index (χ3v) is 4.01. The van der Waals surface area contributed by atoms with Crippen LogP contribution in [0.1, 0.15) is 18.1 Å². The normalized spacial score (nSPS) is 12.7. The molecule has 0 fully saturated rings. The first-order valence-electron chi connectivity index (χ1n) is 8.60. The highest BCUT2D eigenvalue weighted by molar-refractivity contribution is 5.91. The first kappa shape index (κ1) is 21.0. The van der Waals surface area contributed by atoms with Crippen molar-refractivity contribution in [1.29, 1.82) is 0 Å². The van der Waals surface area contributed by atoms with E-state index in [0.717, 1.165) is 0 Å². The SMILES string of the molecule is CC(=O)N[C@H](Cc1cccc(F)c1)C(=O)N[C@@H](Cc1cccc(F)c1)C(N)=O. The second-order valence-corrected chi connectivity index (χ2v) is 6.38. The molecule has 0 aromatic heterocycles. The van der Waals surface area contributed by atoms with Gasteiger partial charge in [-0.3, -0.25) is 14.4 Å². The van der Waals surface area contributed by atoms with Crippen molar-refractivity contribution in [1.82, 2.24) is 10.6 Å². The second-order valence-electron chi connectivity index (χ2n) is 6.38. The number of hydrogen-bond donors (Lipinski definition) is 3. The van der Waals surface area contributed by atoms with E-state index < -0.39 is 41.4 Å². The molecule has 148 valence electrons. The Balaban J connectivity index is 2.14. The van der Waals surface area contributed by atoms with E-state index in [4.69, 9.17) is 5.73 Å². The molecular formula is C20H21F2N3O3. The molecular weight excluding hydrogens is 368 g/mol. The molecule has 0 saturated heterocycles. The van der Waals surface area contributed by atoms with Crippen molar-refractivity contribution in [3.05, 3.63) is 71.3 Å². The number of benzene rings is 2. The van der Waals surface area contributed by atoms with Gasteiger partial charge >= 0.3 is 0 Å². The molecule has 0 aliphatic carbocycles. The molecule has 2 aromatic carbocycles. The lowest BCUT2D eigenvalue weighted by Crippen LogP contribution is -2.54. The van der Waals surface area contributed by atoms with Crippen molar-refractivity contribution in [2.75, 3.05) is 0 Å². The first-order valence-corrected chi connectivity index (χ1v) is 8.60. The average Bonchev–Trinajstić information content (AvgIpc) is 2.60. The van der Waals surface area contributed by atoms with Gasteiger partial charge in [0.05, 0.1) is 0 Å². The molecule has 28 heavy (non-hydrogen) atoms. The van der Waals surface area contributed by atoms with Crippen LogP contribution in [-0.2, 0) is 27.2 Å². The third kappa shape index (κ3) is 6.46. The van der Waals surface area contributed by atoms with E-state index in [9.17, 15) is 23.2 Å². The Morgan fingerprint density at radius 3 is 1.82 bits per heavy atom. The van der Waals surface area contributed by atoms with Gasteiger partial charge in [-0.15, -0.1) is 0 Å². The number of nitrogens with one attached hydrogen (secondary N) is 2. The van der Waals surface area contributed by atoms with Crippen LogP contribution in [-0.4, -0.2) is 29.8 Å². The standard InChI is InChI=1S/C20H21F2N3O3/c1-12(26)24-18(11-14-5-3-7-16(22)9-14)20(28)25-17(19(23)27)10-13-4-2-6-15(21)8-13/h2-9,17-18H,10-11H2,1H3,(H2,23,27)(H,24,26)(H,25,28)/t17-,18+/m0/s1. The highest BCUT2D eigenvalue weighted by Crippen LogP contribution is 2.09. The second kappa shape index (κ2) is 9.59. The smallest absolute Gasteiger partial charge is 0.243 e. The lowest BCUT2D eigenvalue weighted by Gasteiger charge is -2.22. The number of hydrogen-bond acceptors (Lipinski definition) is 3. The summed E-state index contributed by atoms with van der Waals surface area (Å²) in [4.78, 5) is 35.9. The average molecular weight is 389 g/mol. The molecule has 0 aliphatic rings. The molecule has 6 nitrogen and oxygen atoms in total. The first-order chi connectivity index (χ1) is 13.2. The van der Waals surface area contributed by atoms with E-state index >= 15 is 0 Å². The van der Waals surface area contributed by atoms with Crippen LogP contribution in [0.4, 0.5) is 8.78 Å². The molecule has 2 rings (SSSR count). The van der Waals surface area contributed by atoms with Gasteiger partial charge in [-0.1, -0.05) is 24.3 Å². The maximum absolute atomic E-state index is 13.4. The fourth-order valence-electron chi connectivity index (χ4n) is 2.75. The van der Waals surface area contributed by atoms with Gasteiger partial charge in [-0.25, -0.2) is 8.78 Å². The van der Waals surface area contributed by atoms with Gasteiger partial charge in [0, 0.05) is 19.8 Å². The van der Waals surface area contributed by atoms with Crippen molar-refractivity contribution in [3.8, 4) is 0 Å². The molecule has 2 atom stereocenters. The van der Waals surface area contributed by atoms with Crippen LogP contribution in [0.15, 0.2) is 48.5 Å². The molecule has 0 heterocycles. The minimum absolute atomic E-state index is 0.00834.